The van der Waals surface area contributed by atoms with E-state index in [1.807, 2.05) is 0 Å². The average molecular weight is 442 g/mol. The number of nitrogens with one attached hydrogen (secondary N) is 1. The molecule has 0 aromatic heterocycles. The number of ketones is 1. The summed E-state index contributed by atoms with van der Waals surface area (Å²) in [4.78, 5) is 24.7. The number of sulfonamides is 1. The summed E-state index contributed by atoms with van der Waals surface area (Å²) in [6.45, 7) is 1.32. The van der Waals surface area contributed by atoms with Gasteiger partial charge in [-0.25, -0.2) is 13.1 Å². The van der Waals surface area contributed by atoms with Gasteiger partial charge in [0.1, 0.15) is 0 Å². The van der Waals surface area contributed by atoms with Gasteiger partial charge in [0.2, 0.25) is 15.9 Å². The van der Waals surface area contributed by atoms with Gasteiger partial charge in [-0.3, -0.25) is 9.59 Å². The smallest absolute Gasteiger partial charge is 0.341 e. The summed E-state index contributed by atoms with van der Waals surface area (Å²) in [5, 5.41) is 0. The fraction of sp³-hybridized carbons (Fsp3) is 0.300. The first-order valence-electron chi connectivity index (χ1n) is 8.91. The molecule has 0 fully saturated rings. The van der Waals surface area contributed by atoms with Gasteiger partial charge in [-0.15, -0.1) is 0 Å². The number of rotatable bonds is 8. The molecule has 0 aliphatic heterocycles. The van der Waals surface area contributed by atoms with Crippen LogP contribution >= 0.6 is 0 Å². The summed E-state index contributed by atoms with van der Waals surface area (Å²) in [7, 11) is -2.36. The van der Waals surface area contributed by atoms with E-state index in [-0.39, 0.29) is 36.1 Å². The van der Waals surface area contributed by atoms with Crippen molar-refractivity contribution in [1.82, 2.24) is 9.62 Å². The molecule has 0 saturated heterocycles. The van der Waals surface area contributed by atoms with Crippen molar-refractivity contribution in [1.29, 1.82) is 0 Å². The number of carbonyl (C=O) groups is 2. The largest absolute Gasteiger partial charge is 0.416 e. The Morgan fingerprint density at radius 1 is 1.00 bits per heavy atom. The number of Topliss-reactive ketones (excluding diaryl/α,β-unsaturated/α-hetero) is 1. The molecule has 0 radical (unpaired) electrons. The lowest BCUT2D eigenvalue weighted by atomic mass is 10.1. The van der Waals surface area contributed by atoms with Crippen molar-refractivity contribution in [2.45, 2.75) is 31.0 Å². The van der Waals surface area contributed by atoms with E-state index in [4.69, 9.17) is 0 Å². The van der Waals surface area contributed by atoms with E-state index in [9.17, 15) is 31.2 Å². The minimum atomic E-state index is -4.43. The Hall–Kier alpha value is -2.72. The highest BCUT2D eigenvalue weighted by molar-refractivity contribution is 7.89. The average Bonchev–Trinajstić information content (AvgIpc) is 2.67. The Labute approximate surface area is 172 Å². The topological polar surface area (TPSA) is 83.5 Å². The molecule has 162 valence electrons. The summed E-state index contributed by atoms with van der Waals surface area (Å²) in [6, 6.07) is 9.88. The van der Waals surface area contributed by atoms with Crippen LogP contribution in [0.15, 0.2) is 53.4 Å². The minimum absolute atomic E-state index is 0.0296. The number of carbonyl (C=O) groups excluding carboxylic acids is 2. The van der Waals surface area contributed by atoms with E-state index >= 15 is 0 Å². The van der Waals surface area contributed by atoms with Gasteiger partial charge in [0.05, 0.1) is 10.5 Å². The second-order valence-corrected chi connectivity index (χ2v) is 8.44. The fourth-order valence-corrected chi connectivity index (χ4v) is 3.63. The van der Waals surface area contributed by atoms with E-state index < -0.39 is 21.8 Å². The van der Waals surface area contributed by atoms with Crippen LogP contribution in [-0.2, 0) is 27.5 Å². The normalized spacial score (nSPS) is 11.9. The molecule has 10 heteroatoms. The van der Waals surface area contributed by atoms with Gasteiger partial charge in [-0.05, 0) is 36.8 Å². The van der Waals surface area contributed by atoms with Crippen molar-refractivity contribution in [2.75, 3.05) is 13.6 Å². The Morgan fingerprint density at radius 3 is 2.07 bits per heavy atom. The van der Waals surface area contributed by atoms with Gasteiger partial charge < -0.3 is 4.90 Å². The van der Waals surface area contributed by atoms with Gasteiger partial charge in [-0.1, -0.05) is 24.3 Å². The molecule has 6 nitrogen and oxygen atoms in total. The molecule has 1 N–H and O–H groups in total. The number of alkyl halides is 3. The third-order valence-corrected chi connectivity index (χ3v) is 5.81. The first-order valence-corrected chi connectivity index (χ1v) is 10.4. The number of amides is 1. The molecule has 0 bridgehead atoms. The maximum Gasteiger partial charge on any atom is 0.416 e. The predicted octanol–water partition coefficient (Wildman–Crippen LogP) is 3.24. The van der Waals surface area contributed by atoms with Crippen LogP contribution in [-0.4, -0.2) is 38.6 Å². The Bertz CT molecular complexity index is 1000. The lowest BCUT2D eigenvalue weighted by Crippen LogP contribution is -2.32. The summed E-state index contributed by atoms with van der Waals surface area (Å²) in [5.74, 6) is -0.557. The van der Waals surface area contributed by atoms with Crippen LogP contribution < -0.4 is 4.72 Å². The van der Waals surface area contributed by atoms with E-state index in [0.717, 1.165) is 12.1 Å². The van der Waals surface area contributed by atoms with Crippen LogP contribution in [0.4, 0.5) is 13.2 Å². The Morgan fingerprint density at radius 2 is 1.57 bits per heavy atom. The van der Waals surface area contributed by atoms with Crippen LogP contribution in [0.25, 0.3) is 0 Å². The van der Waals surface area contributed by atoms with Crippen LogP contribution in [0.3, 0.4) is 0 Å². The molecular weight excluding hydrogens is 421 g/mol. The predicted molar refractivity (Wildman–Crippen MR) is 104 cm³/mol. The number of benzene rings is 2. The highest BCUT2D eigenvalue weighted by Gasteiger charge is 2.30. The summed E-state index contributed by atoms with van der Waals surface area (Å²) in [5.41, 5.74) is 0.130. The minimum Gasteiger partial charge on any atom is -0.341 e. The zero-order valence-corrected chi connectivity index (χ0v) is 17.2. The molecule has 0 unspecified atom stereocenters. The molecule has 1 amide bonds. The summed E-state index contributed by atoms with van der Waals surface area (Å²) >= 11 is 0. The first-order chi connectivity index (χ1) is 13.9. The van der Waals surface area contributed by atoms with Gasteiger partial charge in [0.25, 0.3) is 0 Å². The second kappa shape index (κ2) is 9.40. The monoisotopic (exact) mass is 442 g/mol. The van der Waals surface area contributed by atoms with Crippen molar-refractivity contribution in [2.24, 2.45) is 0 Å². The van der Waals surface area contributed by atoms with Crippen LogP contribution in [0.5, 0.6) is 0 Å². The van der Waals surface area contributed by atoms with Crippen LogP contribution in [0.1, 0.15) is 34.8 Å². The van der Waals surface area contributed by atoms with Gasteiger partial charge in [0, 0.05) is 32.1 Å². The maximum atomic E-state index is 12.6. The van der Waals surface area contributed by atoms with Crippen molar-refractivity contribution < 1.29 is 31.2 Å². The van der Waals surface area contributed by atoms with Crippen molar-refractivity contribution in [3.63, 3.8) is 0 Å². The number of nitrogens with zero attached hydrogens (tertiary/aromatic N) is 1. The highest BCUT2D eigenvalue weighted by Crippen LogP contribution is 2.29. The lowest BCUT2D eigenvalue weighted by molar-refractivity contribution is -0.137. The van der Waals surface area contributed by atoms with Crippen molar-refractivity contribution in [3.8, 4) is 0 Å². The molecular formula is C20H21F3N2O4S. The van der Waals surface area contributed by atoms with E-state index in [2.05, 4.69) is 4.72 Å². The molecule has 30 heavy (non-hydrogen) atoms. The zero-order chi connectivity index (χ0) is 22.5. The molecule has 2 aromatic rings. The fourth-order valence-electron chi connectivity index (χ4n) is 2.60. The third-order valence-electron chi connectivity index (χ3n) is 4.33. The number of hydrogen-bond donors (Lipinski definition) is 1. The summed E-state index contributed by atoms with van der Waals surface area (Å²) in [6.07, 6.45) is -4.55. The molecule has 0 spiro atoms. The quantitative estimate of drug-likeness (QED) is 0.637. The van der Waals surface area contributed by atoms with E-state index in [1.165, 1.54) is 55.3 Å². The van der Waals surface area contributed by atoms with Crippen molar-refractivity contribution in [3.05, 3.63) is 65.2 Å². The van der Waals surface area contributed by atoms with E-state index in [0.29, 0.717) is 11.1 Å². The Balaban J connectivity index is 1.88. The molecule has 0 aliphatic rings. The number of halogens is 3. The maximum absolute atomic E-state index is 12.6. The van der Waals surface area contributed by atoms with Gasteiger partial charge in [-0.2, -0.15) is 13.2 Å². The highest BCUT2D eigenvalue weighted by atomic mass is 32.2. The van der Waals surface area contributed by atoms with E-state index in [1.54, 1.807) is 0 Å². The molecule has 0 aliphatic carbocycles. The van der Waals surface area contributed by atoms with Crippen molar-refractivity contribution >= 4 is 21.7 Å². The van der Waals surface area contributed by atoms with Crippen LogP contribution in [0.2, 0.25) is 0 Å². The standard InChI is InChI=1S/C20H21F3N2O4S/c1-14(26)16-5-9-18(10-6-16)30(28,29)24-12-11-19(27)25(2)13-15-3-7-17(8-4-15)20(21,22)23/h3-10,24H,11-13H2,1-2H3. The molecule has 2 aromatic carbocycles. The Kier molecular flexibility index (Phi) is 7.38. The number of hydrogen-bond acceptors (Lipinski definition) is 4. The molecule has 0 atom stereocenters. The van der Waals surface area contributed by atoms with Gasteiger partial charge in [0.15, 0.2) is 5.78 Å². The lowest BCUT2D eigenvalue weighted by Gasteiger charge is -2.18. The summed E-state index contributed by atoms with van der Waals surface area (Å²) < 4.78 is 64.6. The second-order valence-electron chi connectivity index (χ2n) is 6.67. The third kappa shape index (κ3) is 6.39. The van der Waals surface area contributed by atoms with Gasteiger partial charge >= 0.3 is 6.18 Å². The zero-order valence-electron chi connectivity index (χ0n) is 16.4. The molecule has 2 rings (SSSR count). The SMILES string of the molecule is CC(=O)c1ccc(S(=O)(=O)NCCC(=O)N(C)Cc2ccc(C(F)(F)F)cc2)cc1. The first kappa shape index (κ1) is 23.6. The van der Waals surface area contributed by atoms with Crippen LogP contribution in [0, 0.1) is 0 Å². The molecule has 0 heterocycles. The molecule has 0 saturated carbocycles.